The summed E-state index contributed by atoms with van der Waals surface area (Å²) >= 11 is 0. The van der Waals surface area contributed by atoms with Crippen molar-refractivity contribution in [3.63, 3.8) is 0 Å². The summed E-state index contributed by atoms with van der Waals surface area (Å²) < 4.78 is 37.8. The van der Waals surface area contributed by atoms with Gasteiger partial charge in [0.15, 0.2) is 0 Å². The molecule has 0 aliphatic carbocycles. The monoisotopic (exact) mass is 358 g/mol. The first-order valence-electron chi connectivity index (χ1n) is 8.03. The summed E-state index contributed by atoms with van der Waals surface area (Å²) in [6.07, 6.45) is 4.44. The zero-order chi connectivity index (χ0) is 16.9. The SMILES string of the molecule is CC1CCN(CCCS(=O)c2ccccc2NS(C)(=O)=O)CC1. The lowest BCUT2D eigenvalue weighted by molar-refractivity contribution is 0.193. The second-order valence-corrected chi connectivity index (χ2v) is 9.59. The molecule has 1 heterocycles. The van der Waals surface area contributed by atoms with E-state index >= 15 is 0 Å². The van der Waals surface area contributed by atoms with Crippen LogP contribution in [0.5, 0.6) is 0 Å². The van der Waals surface area contributed by atoms with Crippen molar-refractivity contribution in [2.75, 3.05) is 36.4 Å². The summed E-state index contributed by atoms with van der Waals surface area (Å²) in [4.78, 5) is 2.99. The van der Waals surface area contributed by atoms with E-state index in [0.717, 1.165) is 38.2 Å². The Morgan fingerprint density at radius 3 is 2.57 bits per heavy atom. The molecule has 0 spiro atoms. The normalized spacial score (nSPS) is 18.7. The van der Waals surface area contributed by atoms with Crippen molar-refractivity contribution in [3.05, 3.63) is 24.3 Å². The Morgan fingerprint density at radius 1 is 1.26 bits per heavy atom. The largest absolute Gasteiger partial charge is 0.303 e. The molecule has 7 heteroatoms. The molecule has 1 aliphatic heterocycles. The zero-order valence-electron chi connectivity index (χ0n) is 13.8. The van der Waals surface area contributed by atoms with Gasteiger partial charge in [-0.05, 0) is 56.9 Å². The second-order valence-electron chi connectivity index (χ2n) is 6.30. The molecule has 1 aromatic carbocycles. The molecule has 1 aliphatic rings. The Labute approximate surface area is 142 Å². The average molecular weight is 359 g/mol. The number of nitrogens with one attached hydrogen (secondary N) is 1. The van der Waals surface area contributed by atoms with E-state index in [1.807, 2.05) is 0 Å². The first kappa shape index (κ1) is 18.4. The lowest BCUT2D eigenvalue weighted by Crippen LogP contribution is -2.34. The fourth-order valence-electron chi connectivity index (χ4n) is 2.76. The van der Waals surface area contributed by atoms with Gasteiger partial charge in [0.05, 0.1) is 27.6 Å². The van der Waals surface area contributed by atoms with Gasteiger partial charge in [-0.15, -0.1) is 0 Å². The van der Waals surface area contributed by atoms with Crippen LogP contribution >= 0.6 is 0 Å². The number of hydrogen-bond donors (Lipinski definition) is 1. The lowest BCUT2D eigenvalue weighted by Gasteiger charge is -2.30. The highest BCUT2D eigenvalue weighted by Gasteiger charge is 2.16. The van der Waals surface area contributed by atoms with E-state index in [2.05, 4.69) is 16.5 Å². The topological polar surface area (TPSA) is 66.5 Å². The van der Waals surface area contributed by atoms with Gasteiger partial charge in [-0.1, -0.05) is 19.1 Å². The highest BCUT2D eigenvalue weighted by molar-refractivity contribution is 7.92. The van der Waals surface area contributed by atoms with Gasteiger partial charge in [0.25, 0.3) is 0 Å². The van der Waals surface area contributed by atoms with Gasteiger partial charge < -0.3 is 4.90 Å². The number of benzene rings is 1. The number of nitrogens with zero attached hydrogens (tertiary/aromatic N) is 1. The predicted molar refractivity (Wildman–Crippen MR) is 95.6 cm³/mol. The summed E-state index contributed by atoms with van der Waals surface area (Å²) in [6.45, 7) is 5.50. The average Bonchev–Trinajstić information content (AvgIpc) is 2.48. The molecule has 1 unspecified atom stereocenters. The highest BCUT2D eigenvalue weighted by Crippen LogP contribution is 2.21. The van der Waals surface area contributed by atoms with E-state index in [1.165, 1.54) is 12.8 Å². The minimum Gasteiger partial charge on any atom is -0.303 e. The molecular weight excluding hydrogens is 332 g/mol. The van der Waals surface area contributed by atoms with Crippen molar-refractivity contribution in [1.29, 1.82) is 0 Å². The maximum absolute atomic E-state index is 12.5. The molecule has 130 valence electrons. The van der Waals surface area contributed by atoms with Crippen LogP contribution in [0.2, 0.25) is 0 Å². The Morgan fingerprint density at radius 2 is 1.91 bits per heavy atom. The van der Waals surface area contributed by atoms with Gasteiger partial charge in [-0.25, -0.2) is 8.42 Å². The summed E-state index contributed by atoms with van der Waals surface area (Å²) in [5, 5.41) is 0. The summed E-state index contributed by atoms with van der Waals surface area (Å²) in [5.74, 6) is 1.36. The minimum atomic E-state index is -3.37. The first-order valence-corrected chi connectivity index (χ1v) is 11.2. The third kappa shape index (κ3) is 6.24. The molecule has 0 radical (unpaired) electrons. The molecule has 0 amide bonds. The fraction of sp³-hybridized carbons (Fsp3) is 0.625. The van der Waals surface area contributed by atoms with Crippen LogP contribution in [0.15, 0.2) is 29.2 Å². The van der Waals surface area contributed by atoms with Crippen LogP contribution in [0.4, 0.5) is 5.69 Å². The second kappa shape index (κ2) is 8.26. The predicted octanol–water partition coefficient (Wildman–Crippen LogP) is 2.29. The van der Waals surface area contributed by atoms with E-state index in [0.29, 0.717) is 16.3 Å². The van der Waals surface area contributed by atoms with Gasteiger partial charge in [-0.3, -0.25) is 8.93 Å². The molecule has 23 heavy (non-hydrogen) atoms. The third-order valence-electron chi connectivity index (χ3n) is 4.11. The van der Waals surface area contributed by atoms with E-state index in [-0.39, 0.29) is 0 Å². The highest BCUT2D eigenvalue weighted by atomic mass is 32.2. The molecule has 1 N–H and O–H groups in total. The van der Waals surface area contributed by atoms with Crippen molar-refractivity contribution < 1.29 is 12.6 Å². The Bertz CT molecular complexity index is 638. The fourth-order valence-corrected chi connectivity index (χ4v) is 4.61. The van der Waals surface area contributed by atoms with E-state index < -0.39 is 20.8 Å². The molecule has 1 atom stereocenters. The molecule has 1 saturated heterocycles. The van der Waals surface area contributed by atoms with Crippen LogP contribution in [0, 0.1) is 5.92 Å². The molecule has 0 saturated carbocycles. The number of piperidine rings is 1. The Hall–Kier alpha value is -0.920. The van der Waals surface area contributed by atoms with Gasteiger partial charge in [0.2, 0.25) is 10.0 Å². The summed E-state index contributed by atoms with van der Waals surface area (Å²) in [6, 6.07) is 6.91. The van der Waals surface area contributed by atoms with Gasteiger partial charge in [-0.2, -0.15) is 0 Å². The van der Waals surface area contributed by atoms with E-state index in [4.69, 9.17) is 0 Å². The van der Waals surface area contributed by atoms with Crippen LogP contribution in [0.3, 0.4) is 0 Å². The van der Waals surface area contributed by atoms with Gasteiger partial charge >= 0.3 is 0 Å². The Kier molecular flexibility index (Phi) is 6.61. The van der Waals surface area contributed by atoms with E-state index in [1.54, 1.807) is 24.3 Å². The maximum Gasteiger partial charge on any atom is 0.229 e. The van der Waals surface area contributed by atoms with Crippen molar-refractivity contribution >= 4 is 26.5 Å². The lowest BCUT2D eigenvalue weighted by atomic mass is 9.99. The van der Waals surface area contributed by atoms with Gasteiger partial charge in [0.1, 0.15) is 0 Å². The first-order chi connectivity index (χ1) is 10.8. The number of sulfonamides is 1. The number of rotatable bonds is 7. The number of hydrogen-bond acceptors (Lipinski definition) is 4. The third-order valence-corrected chi connectivity index (χ3v) is 6.20. The van der Waals surface area contributed by atoms with Crippen molar-refractivity contribution in [3.8, 4) is 0 Å². The molecule has 1 fully saturated rings. The van der Waals surface area contributed by atoms with Crippen LogP contribution in [-0.4, -0.2) is 49.2 Å². The standard InChI is InChI=1S/C16H26N2O3S2/c1-14-8-11-18(12-9-14)10-5-13-22(19)16-7-4-3-6-15(16)17-23(2,20)21/h3-4,6-7,14,17H,5,8-13H2,1-2H3. The van der Waals surface area contributed by atoms with E-state index in [9.17, 15) is 12.6 Å². The van der Waals surface area contributed by atoms with Crippen LogP contribution in [0.1, 0.15) is 26.2 Å². The smallest absolute Gasteiger partial charge is 0.229 e. The van der Waals surface area contributed by atoms with Crippen LogP contribution < -0.4 is 4.72 Å². The molecule has 0 aromatic heterocycles. The molecule has 5 nitrogen and oxygen atoms in total. The zero-order valence-corrected chi connectivity index (χ0v) is 15.5. The van der Waals surface area contributed by atoms with Crippen LogP contribution in [-0.2, 0) is 20.8 Å². The van der Waals surface area contributed by atoms with Crippen molar-refractivity contribution in [2.45, 2.75) is 31.1 Å². The number of para-hydroxylation sites is 1. The van der Waals surface area contributed by atoms with Crippen molar-refractivity contribution in [2.24, 2.45) is 5.92 Å². The molecular formula is C16H26N2O3S2. The van der Waals surface area contributed by atoms with Crippen molar-refractivity contribution in [1.82, 2.24) is 4.90 Å². The summed E-state index contributed by atoms with van der Waals surface area (Å²) in [7, 11) is -4.56. The molecule has 0 bridgehead atoms. The van der Waals surface area contributed by atoms with Crippen LogP contribution in [0.25, 0.3) is 0 Å². The molecule has 1 aromatic rings. The Balaban J connectivity index is 1.88. The molecule has 2 rings (SSSR count). The van der Waals surface area contributed by atoms with Gasteiger partial charge in [0, 0.05) is 5.75 Å². The maximum atomic E-state index is 12.5. The summed E-state index contributed by atoms with van der Waals surface area (Å²) in [5.41, 5.74) is 0.417. The number of likely N-dealkylation sites (tertiary alicyclic amines) is 1. The minimum absolute atomic E-state index is 0.417. The quantitative estimate of drug-likeness (QED) is 0.812. The number of anilines is 1.